The Bertz CT molecular complexity index is 334. The van der Waals surface area contributed by atoms with E-state index in [4.69, 9.17) is 23.2 Å². The molecule has 0 bridgehead atoms. The lowest BCUT2D eigenvalue weighted by Gasteiger charge is -2.07. The average Bonchev–Trinajstić information content (AvgIpc) is 2.16. The summed E-state index contributed by atoms with van der Waals surface area (Å²) >= 11 is 10.4. The Balaban J connectivity index is 3.56. The number of hydrogen-bond donors (Lipinski definition) is 0. The molecular formula is C8H4Cl2F4. The quantitative estimate of drug-likeness (QED) is 0.323. The highest BCUT2D eigenvalue weighted by Gasteiger charge is 2.23. The van der Waals surface area contributed by atoms with Crippen molar-refractivity contribution in [3.8, 4) is 0 Å². The molecule has 0 aromatic heterocycles. The lowest BCUT2D eigenvalue weighted by Crippen LogP contribution is -2.06. The fraction of sp³-hybridized carbons (Fsp3) is 0.250. The molecule has 1 aromatic carbocycles. The number of halogens is 6. The fourth-order valence-corrected chi connectivity index (χ4v) is 1.44. The van der Waals surface area contributed by atoms with Crippen molar-refractivity contribution in [1.29, 1.82) is 0 Å². The molecule has 1 rings (SSSR count). The van der Waals surface area contributed by atoms with Gasteiger partial charge in [-0.05, 0) is 0 Å². The van der Waals surface area contributed by atoms with Crippen LogP contribution >= 0.6 is 23.2 Å². The summed E-state index contributed by atoms with van der Waals surface area (Å²) in [5.74, 6) is -7.37. The predicted octanol–water partition coefficient (Wildman–Crippen LogP) is 3.72. The summed E-state index contributed by atoms with van der Waals surface area (Å²) in [4.78, 5) is 0. The molecule has 0 aliphatic heterocycles. The molecular weight excluding hydrogens is 243 g/mol. The monoisotopic (exact) mass is 246 g/mol. The Morgan fingerprint density at radius 2 is 1.00 bits per heavy atom. The van der Waals surface area contributed by atoms with E-state index >= 15 is 0 Å². The Kier molecular flexibility index (Phi) is 3.61. The smallest absolute Gasteiger partial charge is 0.195 e. The van der Waals surface area contributed by atoms with Gasteiger partial charge in [-0.15, -0.1) is 23.2 Å². The summed E-state index contributed by atoms with van der Waals surface area (Å²) < 4.78 is 51.6. The molecule has 6 heteroatoms. The first-order valence-electron chi connectivity index (χ1n) is 3.50. The standard InChI is InChI=1S/C8H4Cl2F4/c9-1-3-5(11)4(2-10)7(13)8(14)6(3)12/h1-2H2. The van der Waals surface area contributed by atoms with Crippen molar-refractivity contribution >= 4 is 23.2 Å². The molecule has 78 valence electrons. The Morgan fingerprint density at radius 1 is 0.643 bits per heavy atom. The van der Waals surface area contributed by atoms with Crippen molar-refractivity contribution in [1.82, 2.24) is 0 Å². The Morgan fingerprint density at radius 3 is 1.29 bits per heavy atom. The third kappa shape index (κ3) is 1.68. The van der Waals surface area contributed by atoms with Gasteiger partial charge >= 0.3 is 0 Å². The van der Waals surface area contributed by atoms with Crippen LogP contribution in [-0.4, -0.2) is 0 Å². The maximum atomic E-state index is 13.2. The van der Waals surface area contributed by atoms with Crippen LogP contribution in [0.15, 0.2) is 0 Å². The van der Waals surface area contributed by atoms with Crippen LogP contribution in [0.3, 0.4) is 0 Å². The van der Waals surface area contributed by atoms with Crippen molar-refractivity contribution in [3.05, 3.63) is 34.4 Å². The Hall–Kier alpha value is -0.480. The molecule has 0 saturated carbocycles. The minimum Gasteiger partial charge on any atom is -0.206 e. The first-order valence-corrected chi connectivity index (χ1v) is 4.57. The second-order valence-electron chi connectivity index (χ2n) is 2.48. The molecule has 0 nitrogen and oxygen atoms in total. The van der Waals surface area contributed by atoms with Crippen LogP contribution in [0.4, 0.5) is 17.6 Å². The van der Waals surface area contributed by atoms with Crippen LogP contribution < -0.4 is 0 Å². The van der Waals surface area contributed by atoms with Gasteiger partial charge in [0.2, 0.25) is 0 Å². The van der Waals surface area contributed by atoms with Gasteiger partial charge in [0.25, 0.3) is 0 Å². The van der Waals surface area contributed by atoms with Crippen molar-refractivity contribution in [2.75, 3.05) is 0 Å². The molecule has 0 unspecified atom stereocenters. The molecule has 0 heterocycles. The van der Waals surface area contributed by atoms with Gasteiger partial charge in [0.1, 0.15) is 5.82 Å². The van der Waals surface area contributed by atoms with Gasteiger partial charge in [-0.1, -0.05) is 0 Å². The van der Waals surface area contributed by atoms with Crippen molar-refractivity contribution < 1.29 is 17.6 Å². The van der Waals surface area contributed by atoms with Crippen molar-refractivity contribution in [2.45, 2.75) is 11.8 Å². The molecule has 0 atom stereocenters. The first-order chi connectivity index (χ1) is 6.54. The molecule has 0 spiro atoms. The zero-order chi connectivity index (χ0) is 10.9. The SMILES string of the molecule is Fc1c(F)c(CCl)c(F)c(CCl)c1F. The topological polar surface area (TPSA) is 0 Å². The lowest BCUT2D eigenvalue weighted by molar-refractivity contribution is 0.421. The zero-order valence-electron chi connectivity index (χ0n) is 6.68. The van der Waals surface area contributed by atoms with Gasteiger partial charge in [0.05, 0.1) is 11.8 Å². The second kappa shape index (κ2) is 4.36. The van der Waals surface area contributed by atoms with E-state index in [-0.39, 0.29) is 0 Å². The van der Waals surface area contributed by atoms with Crippen LogP contribution in [0.2, 0.25) is 0 Å². The molecule has 1 aromatic rings. The van der Waals surface area contributed by atoms with E-state index in [1.165, 1.54) is 0 Å². The average molecular weight is 247 g/mol. The van der Waals surface area contributed by atoms with Gasteiger partial charge in [-0.3, -0.25) is 0 Å². The molecule has 0 fully saturated rings. The summed E-state index contributed by atoms with van der Waals surface area (Å²) in [5.41, 5.74) is -1.41. The van der Waals surface area contributed by atoms with Gasteiger partial charge in [-0.25, -0.2) is 17.6 Å². The van der Waals surface area contributed by atoms with E-state index in [9.17, 15) is 17.6 Å². The maximum Gasteiger partial charge on any atom is 0.195 e. The maximum absolute atomic E-state index is 13.2. The van der Waals surface area contributed by atoms with E-state index in [1.807, 2.05) is 0 Å². The van der Waals surface area contributed by atoms with E-state index in [0.717, 1.165) is 0 Å². The number of rotatable bonds is 2. The predicted molar refractivity (Wildman–Crippen MR) is 45.4 cm³/mol. The van der Waals surface area contributed by atoms with E-state index in [0.29, 0.717) is 0 Å². The molecule has 0 amide bonds. The normalized spacial score (nSPS) is 10.7. The third-order valence-electron chi connectivity index (χ3n) is 1.71. The van der Waals surface area contributed by atoms with Gasteiger partial charge < -0.3 is 0 Å². The van der Waals surface area contributed by atoms with Crippen LogP contribution in [0.1, 0.15) is 11.1 Å². The summed E-state index contributed by atoms with van der Waals surface area (Å²) in [6.07, 6.45) is 0. The van der Waals surface area contributed by atoms with Crippen molar-refractivity contribution in [2.24, 2.45) is 0 Å². The molecule has 0 N–H and O–H groups in total. The fourth-order valence-electron chi connectivity index (χ4n) is 0.971. The van der Waals surface area contributed by atoms with E-state index < -0.39 is 46.2 Å². The van der Waals surface area contributed by atoms with Gasteiger partial charge in [0.15, 0.2) is 17.5 Å². The minimum atomic E-state index is -1.75. The number of hydrogen-bond acceptors (Lipinski definition) is 0. The molecule has 14 heavy (non-hydrogen) atoms. The summed E-state index contributed by atoms with van der Waals surface area (Å²) in [5, 5.41) is 0. The lowest BCUT2D eigenvalue weighted by atomic mass is 10.1. The summed E-state index contributed by atoms with van der Waals surface area (Å²) in [7, 11) is 0. The second-order valence-corrected chi connectivity index (χ2v) is 3.01. The van der Waals surface area contributed by atoms with Crippen molar-refractivity contribution in [3.63, 3.8) is 0 Å². The Labute approximate surface area is 87.4 Å². The van der Waals surface area contributed by atoms with Crippen LogP contribution in [0.25, 0.3) is 0 Å². The number of alkyl halides is 2. The first kappa shape index (κ1) is 11.6. The molecule has 0 aliphatic rings. The van der Waals surface area contributed by atoms with Crippen LogP contribution in [-0.2, 0) is 11.8 Å². The molecule has 0 radical (unpaired) electrons. The largest absolute Gasteiger partial charge is 0.206 e. The van der Waals surface area contributed by atoms with Crippen LogP contribution in [0, 0.1) is 23.3 Å². The molecule has 0 aliphatic carbocycles. The minimum absolute atomic E-state index is 0.585. The summed E-state index contributed by atoms with van der Waals surface area (Å²) in [6.45, 7) is 0. The summed E-state index contributed by atoms with van der Waals surface area (Å²) in [6, 6.07) is 0. The number of benzene rings is 1. The highest BCUT2D eigenvalue weighted by Crippen LogP contribution is 2.26. The van der Waals surface area contributed by atoms with Crippen LogP contribution in [0.5, 0.6) is 0 Å². The molecule has 0 saturated heterocycles. The third-order valence-corrected chi connectivity index (χ3v) is 2.25. The van der Waals surface area contributed by atoms with E-state index in [2.05, 4.69) is 0 Å². The highest BCUT2D eigenvalue weighted by atomic mass is 35.5. The van der Waals surface area contributed by atoms with Gasteiger partial charge in [0, 0.05) is 11.1 Å². The van der Waals surface area contributed by atoms with Gasteiger partial charge in [-0.2, -0.15) is 0 Å². The zero-order valence-corrected chi connectivity index (χ0v) is 8.19. The van der Waals surface area contributed by atoms with E-state index in [1.54, 1.807) is 0 Å². The highest BCUT2D eigenvalue weighted by molar-refractivity contribution is 6.17.